The largest absolute Gasteiger partial charge is 0.506 e. The maximum Gasteiger partial charge on any atom is 0.143 e. The van der Waals surface area contributed by atoms with Gasteiger partial charge in [0, 0.05) is 0 Å². The van der Waals surface area contributed by atoms with E-state index in [2.05, 4.69) is 116 Å². The van der Waals surface area contributed by atoms with Crippen LogP contribution in [0.3, 0.4) is 0 Å². The normalized spacial score (nSPS) is 12.9. The van der Waals surface area contributed by atoms with Gasteiger partial charge in [0.2, 0.25) is 0 Å². The van der Waals surface area contributed by atoms with Crippen molar-refractivity contribution in [3.8, 4) is 34.5 Å². The highest BCUT2D eigenvalue weighted by Crippen LogP contribution is 2.47. The molecule has 0 heterocycles. The lowest BCUT2D eigenvalue weighted by molar-refractivity contribution is -0.0413. The predicted octanol–water partition coefficient (Wildman–Crippen LogP) is 15.3. The number of para-hydroxylation sites is 2. The fourth-order valence-electron chi connectivity index (χ4n) is 6.57. The molecule has 2 N–H and O–H groups in total. The second-order valence-corrected chi connectivity index (χ2v) is 18.3. The van der Waals surface area contributed by atoms with Crippen LogP contribution < -0.4 is 9.47 Å². The zero-order valence-electron chi connectivity index (χ0n) is 30.9. The Morgan fingerprint density at radius 1 is 0.455 bits per heavy atom. The minimum absolute atomic E-state index is 0.158. The highest BCUT2D eigenvalue weighted by molar-refractivity contribution is 9.11. The number of ether oxygens (including phenoxy) is 3. The summed E-state index contributed by atoms with van der Waals surface area (Å²) in [5.74, 6) is 3.23. The third-order valence-corrected chi connectivity index (χ3v) is 12.2. The molecule has 55 heavy (non-hydrogen) atoms. The Kier molecular flexibility index (Phi) is 13.2. The third-order valence-electron chi connectivity index (χ3n) is 9.73. The fraction of sp³-hybridized carbons (Fsp3) is 0.217. The molecular formula is C46H42Br4O5. The van der Waals surface area contributed by atoms with Crippen LogP contribution in [0.15, 0.2) is 151 Å². The predicted molar refractivity (Wildman–Crippen MR) is 235 cm³/mol. The number of phenols is 2. The van der Waals surface area contributed by atoms with Crippen molar-refractivity contribution in [2.24, 2.45) is 0 Å². The summed E-state index contributed by atoms with van der Waals surface area (Å²) in [7, 11) is 0. The third kappa shape index (κ3) is 10.4. The quantitative estimate of drug-likeness (QED) is 0.114. The molecule has 0 amide bonds. The van der Waals surface area contributed by atoms with Crippen LogP contribution >= 0.6 is 63.7 Å². The summed E-state index contributed by atoms with van der Waals surface area (Å²) in [6.07, 6.45) is 0.384. The summed E-state index contributed by atoms with van der Waals surface area (Å²) in [5.41, 5.74) is 3.17. The summed E-state index contributed by atoms with van der Waals surface area (Å²) in [6, 6.07) is 43.6. The van der Waals surface area contributed by atoms with Crippen molar-refractivity contribution in [2.75, 3.05) is 0 Å². The number of halogens is 4. The molecule has 0 aliphatic rings. The summed E-state index contributed by atoms with van der Waals surface area (Å²) < 4.78 is 22.5. The molecule has 6 aromatic carbocycles. The molecule has 0 bridgehead atoms. The molecule has 2 atom stereocenters. The molecule has 0 aliphatic carbocycles. The van der Waals surface area contributed by atoms with Crippen LogP contribution in [-0.2, 0) is 15.6 Å². The Balaban J connectivity index is 1.44. The van der Waals surface area contributed by atoms with E-state index in [0.717, 1.165) is 33.8 Å². The first kappa shape index (κ1) is 41.0. The van der Waals surface area contributed by atoms with E-state index >= 15 is 0 Å². The van der Waals surface area contributed by atoms with E-state index in [9.17, 15) is 10.2 Å². The molecule has 0 radical (unpaired) electrons. The van der Waals surface area contributed by atoms with E-state index in [1.807, 2.05) is 109 Å². The number of benzene rings is 6. The number of aromatic hydroxyl groups is 2. The monoisotopic (exact) mass is 990 g/mol. The molecule has 6 rings (SSSR count). The Labute approximate surface area is 357 Å². The van der Waals surface area contributed by atoms with Crippen LogP contribution in [0.5, 0.6) is 34.5 Å². The van der Waals surface area contributed by atoms with Gasteiger partial charge in [-0.3, -0.25) is 0 Å². The van der Waals surface area contributed by atoms with Crippen molar-refractivity contribution in [1.29, 1.82) is 0 Å². The van der Waals surface area contributed by atoms with Gasteiger partial charge in [-0.2, -0.15) is 0 Å². The molecular weight excluding hydrogens is 952 g/mol. The average molecular weight is 994 g/mol. The number of phenolic OH excluding ortho intramolecular Hbond substituents is 2. The van der Waals surface area contributed by atoms with Crippen molar-refractivity contribution in [3.05, 3.63) is 174 Å². The number of rotatable bonds is 14. The van der Waals surface area contributed by atoms with Crippen molar-refractivity contribution < 1.29 is 24.4 Å². The Morgan fingerprint density at radius 2 is 0.782 bits per heavy atom. The molecule has 2 unspecified atom stereocenters. The molecule has 0 aromatic heterocycles. The average Bonchev–Trinajstić information content (AvgIpc) is 3.16. The topological polar surface area (TPSA) is 68.2 Å². The fourth-order valence-corrected chi connectivity index (χ4v) is 8.94. The summed E-state index contributed by atoms with van der Waals surface area (Å²) in [4.78, 5) is 0. The first-order valence-electron chi connectivity index (χ1n) is 17.9. The van der Waals surface area contributed by atoms with Gasteiger partial charge in [0.15, 0.2) is 0 Å². The van der Waals surface area contributed by atoms with Crippen LogP contribution in [0, 0.1) is 0 Å². The van der Waals surface area contributed by atoms with E-state index in [4.69, 9.17) is 14.2 Å². The molecule has 0 saturated heterocycles. The zero-order chi connectivity index (χ0) is 39.3. The smallest absolute Gasteiger partial charge is 0.143 e. The molecule has 0 spiro atoms. The van der Waals surface area contributed by atoms with Gasteiger partial charge < -0.3 is 24.4 Å². The van der Waals surface area contributed by atoms with Crippen LogP contribution in [-0.4, -0.2) is 10.2 Å². The zero-order valence-corrected chi connectivity index (χ0v) is 37.2. The lowest BCUT2D eigenvalue weighted by Gasteiger charge is -2.36. The lowest BCUT2D eigenvalue weighted by atomic mass is 9.77. The van der Waals surface area contributed by atoms with E-state index in [1.54, 1.807) is 0 Å². The highest BCUT2D eigenvalue weighted by Gasteiger charge is 2.34. The van der Waals surface area contributed by atoms with Gasteiger partial charge in [-0.05, 0) is 182 Å². The van der Waals surface area contributed by atoms with Gasteiger partial charge in [0.25, 0.3) is 0 Å². The molecule has 5 nitrogen and oxygen atoms in total. The van der Waals surface area contributed by atoms with Crippen molar-refractivity contribution in [2.45, 2.75) is 63.6 Å². The highest BCUT2D eigenvalue weighted by atomic mass is 79.9. The van der Waals surface area contributed by atoms with E-state index in [-0.39, 0.29) is 11.5 Å². The van der Waals surface area contributed by atoms with E-state index in [0.29, 0.717) is 42.2 Å². The summed E-state index contributed by atoms with van der Waals surface area (Å²) >= 11 is 14.2. The number of hydrogen-bond donors (Lipinski definition) is 2. The molecule has 9 heteroatoms. The van der Waals surface area contributed by atoms with Gasteiger partial charge >= 0.3 is 0 Å². The van der Waals surface area contributed by atoms with Gasteiger partial charge in [0.05, 0.1) is 30.1 Å². The minimum atomic E-state index is -0.412. The Hall–Kier alpha value is -3.60. The Bertz CT molecular complexity index is 2040. The minimum Gasteiger partial charge on any atom is -0.506 e. The molecule has 284 valence electrons. The van der Waals surface area contributed by atoms with Gasteiger partial charge in [0.1, 0.15) is 34.5 Å². The van der Waals surface area contributed by atoms with E-state index in [1.165, 1.54) is 0 Å². The standard InChI is InChI=1S/C46H42Br4O5/c1-45(2,31-23-37(47)43(51)38(48)24-31)27-41(29-13-11-19-35(21-29)53-33-15-7-5-8-16-33)55-42(28-46(3,4)32-25-39(49)44(52)40(50)26-32)30-14-12-20-36(22-30)54-34-17-9-6-10-18-34/h5-26,41-42,51-52H,27-28H2,1-4H3. The number of hydrogen-bond acceptors (Lipinski definition) is 5. The second kappa shape index (κ2) is 17.7. The van der Waals surface area contributed by atoms with Crippen LogP contribution in [0.4, 0.5) is 0 Å². The second-order valence-electron chi connectivity index (χ2n) is 14.8. The van der Waals surface area contributed by atoms with Gasteiger partial charge in [-0.15, -0.1) is 0 Å². The van der Waals surface area contributed by atoms with Crippen LogP contribution in [0.1, 0.15) is 75.0 Å². The summed E-state index contributed by atoms with van der Waals surface area (Å²) in [5, 5.41) is 21.1. The first-order valence-corrected chi connectivity index (χ1v) is 21.0. The molecule has 0 fully saturated rings. The lowest BCUT2D eigenvalue weighted by Crippen LogP contribution is -2.27. The molecule has 0 saturated carbocycles. The van der Waals surface area contributed by atoms with Crippen LogP contribution in [0.25, 0.3) is 0 Å². The summed E-state index contributed by atoms with van der Waals surface area (Å²) in [6.45, 7) is 8.77. The maximum absolute atomic E-state index is 10.6. The van der Waals surface area contributed by atoms with Crippen molar-refractivity contribution in [3.63, 3.8) is 0 Å². The maximum atomic E-state index is 10.6. The van der Waals surface area contributed by atoms with Gasteiger partial charge in [-0.1, -0.05) is 88.4 Å². The van der Waals surface area contributed by atoms with Crippen molar-refractivity contribution in [1.82, 2.24) is 0 Å². The SMILES string of the molecule is CC(C)(CC(OC(CC(C)(C)c1cc(Br)c(O)c(Br)c1)c1cccc(Oc2ccccc2)c1)c1cccc(Oc2ccccc2)c1)c1cc(Br)c(O)c(Br)c1. The first-order chi connectivity index (χ1) is 26.2. The van der Waals surface area contributed by atoms with Crippen molar-refractivity contribution >= 4 is 63.7 Å². The Morgan fingerprint density at radius 3 is 1.13 bits per heavy atom. The molecule has 6 aromatic rings. The van der Waals surface area contributed by atoms with Crippen LogP contribution in [0.2, 0.25) is 0 Å². The van der Waals surface area contributed by atoms with E-state index < -0.39 is 23.0 Å². The van der Waals surface area contributed by atoms with Gasteiger partial charge in [-0.25, -0.2) is 0 Å². The molecule has 0 aliphatic heterocycles.